The monoisotopic (exact) mass is 326 g/mol. The third kappa shape index (κ3) is 3.71. The van der Waals surface area contributed by atoms with Crippen LogP contribution in [0, 0.1) is 0 Å². The highest BCUT2D eigenvalue weighted by molar-refractivity contribution is 9.10. The molecule has 0 aliphatic carbocycles. The predicted molar refractivity (Wildman–Crippen MR) is 68.0 cm³/mol. The van der Waals surface area contributed by atoms with E-state index in [9.17, 15) is 8.42 Å². The van der Waals surface area contributed by atoms with E-state index in [1.807, 2.05) is 0 Å². The molecule has 0 unspecified atom stereocenters. The summed E-state index contributed by atoms with van der Waals surface area (Å²) in [5, 5.41) is 0.363. The van der Waals surface area contributed by atoms with Crippen molar-refractivity contribution >= 4 is 37.6 Å². The Labute approximate surface area is 108 Å². The Balaban J connectivity index is 2.86. The van der Waals surface area contributed by atoms with E-state index in [2.05, 4.69) is 20.7 Å². The van der Waals surface area contributed by atoms with Crippen LogP contribution >= 0.6 is 27.5 Å². The average molecular weight is 328 g/mol. The molecule has 90 valence electrons. The number of hydrogen-bond donors (Lipinski definition) is 2. The van der Waals surface area contributed by atoms with Crippen molar-refractivity contribution in [2.45, 2.75) is 11.3 Å². The van der Waals surface area contributed by atoms with E-state index in [0.717, 1.165) is 0 Å². The maximum Gasteiger partial charge on any atom is 0.240 e. The van der Waals surface area contributed by atoms with Gasteiger partial charge in [0.1, 0.15) is 0 Å². The zero-order valence-corrected chi connectivity index (χ0v) is 11.6. The molecule has 0 aliphatic heterocycles. The molecule has 7 heteroatoms. The van der Waals surface area contributed by atoms with Gasteiger partial charge in [0, 0.05) is 11.0 Å². The highest BCUT2D eigenvalue weighted by atomic mass is 79.9. The van der Waals surface area contributed by atoms with Crippen LogP contribution in [-0.4, -0.2) is 21.5 Å². The summed E-state index contributed by atoms with van der Waals surface area (Å²) in [5.74, 6) is 0. The van der Waals surface area contributed by atoms with Crippen LogP contribution in [0.2, 0.25) is 5.02 Å². The summed E-state index contributed by atoms with van der Waals surface area (Å²) in [5.41, 5.74) is 5.28. The Bertz CT molecular complexity index is 465. The fraction of sp³-hybridized carbons (Fsp3) is 0.333. The SMILES string of the molecule is NCCCNS(=O)(=O)c1ccc(Br)c(Cl)c1. The first-order valence-corrected chi connectivity index (χ1v) is 7.27. The molecule has 0 amide bonds. The van der Waals surface area contributed by atoms with Crippen molar-refractivity contribution in [3.63, 3.8) is 0 Å². The number of nitrogens with two attached hydrogens (primary N) is 1. The third-order valence-electron chi connectivity index (χ3n) is 1.87. The van der Waals surface area contributed by atoms with Gasteiger partial charge in [-0.25, -0.2) is 13.1 Å². The van der Waals surface area contributed by atoms with Crippen LogP contribution < -0.4 is 10.5 Å². The summed E-state index contributed by atoms with van der Waals surface area (Å²) in [7, 11) is -3.48. The molecule has 0 atom stereocenters. The molecule has 0 aromatic heterocycles. The number of hydrogen-bond acceptors (Lipinski definition) is 3. The first-order chi connectivity index (χ1) is 7.47. The maximum atomic E-state index is 11.7. The molecule has 3 N–H and O–H groups in total. The molecule has 0 fully saturated rings. The van der Waals surface area contributed by atoms with Crippen molar-refractivity contribution < 1.29 is 8.42 Å². The lowest BCUT2D eigenvalue weighted by atomic mass is 10.4. The zero-order chi connectivity index (χ0) is 12.2. The second-order valence-electron chi connectivity index (χ2n) is 3.12. The fourth-order valence-electron chi connectivity index (χ4n) is 1.04. The van der Waals surface area contributed by atoms with Gasteiger partial charge in [0.25, 0.3) is 0 Å². The minimum atomic E-state index is -3.48. The third-order valence-corrected chi connectivity index (χ3v) is 4.57. The molecule has 0 saturated carbocycles. The minimum absolute atomic E-state index is 0.151. The van der Waals surface area contributed by atoms with E-state index >= 15 is 0 Å². The van der Waals surface area contributed by atoms with Gasteiger partial charge in [-0.15, -0.1) is 0 Å². The molecule has 0 saturated heterocycles. The number of benzene rings is 1. The molecule has 16 heavy (non-hydrogen) atoms. The molecule has 1 rings (SSSR count). The van der Waals surface area contributed by atoms with Crippen LogP contribution in [0.1, 0.15) is 6.42 Å². The highest BCUT2D eigenvalue weighted by Gasteiger charge is 2.14. The van der Waals surface area contributed by atoms with E-state index in [-0.39, 0.29) is 4.90 Å². The molecule has 4 nitrogen and oxygen atoms in total. The van der Waals surface area contributed by atoms with Crippen molar-refractivity contribution in [1.29, 1.82) is 0 Å². The lowest BCUT2D eigenvalue weighted by molar-refractivity contribution is 0.579. The lowest BCUT2D eigenvalue weighted by Gasteiger charge is -2.06. The number of sulfonamides is 1. The van der Waals surface area contributed by atoms with Crippen molar-refractivity contribution in [3.05, 3.63) is 27.7 Å². The zero-order valence-electron chi connectivity index (χ0n) is 8.41. The second kappa shape index (κ2) is 5.97. The van der Waals surface area contributed by atoms with Gasteiger partial charge in [0.05, 0.1) is 9.92 Å². The molecular weight excluding hydrogens is 316 g/mol. The Hall–Kier alpha value is -0.140. The summed E-state index contributed by atoms with van der Waals surface area (Å²) in [6.45, 7) is 0.774. The quantitative estimate of drug-likeness (QED) is 0.809. The summed E-state index contributed by atoms with van der Waals surface area (Å²) in [4.78, 5) is 0.151. The van der Waals surface area contributed by atoms with Gasteiger partial charge in [0.2, 0.25) is 10.0 Å². The van der Waals surface area contributed by atoms with Crippen molar-refractivity contribution in [3.8, 4) is 0 Å². The van der Waals surface area contributed by atoms with Gasteiger partial charge >= 0.3 is 0 Å². The van der Waals surface area contributed by atoms with E-state index in [0.29, 0.717) is 29.0 Å². The van der Waals surface area contributed by atoms with Gasteiger partial charge < -0.3 is 5.73 Å². The molecule has 1 aromatic carbocycles. The first kappa shape index (κ1) is 13.9. The van der Waals surface area contributed by atoms with Crippen LogP contribution in [0.15, 0.2) is 27.6 Å². The first-order valence-electron chi connectivity index (χ1n) is 4.62. The number of halogens is 2. The second-order valence-corrected chi connectivity index (χ2v) is 6.14. The van der Waals surface area contributed by atoms with Crippen LogP contribution in [0.25, 0.3) is 0 Å². The lowest BCUT2D eigenvalue weighted by Crippen LogP contribution is -2.26. The van der Waals surface area contributed by atoms with E-state index < -0.39 is 10.0 Å². The standard InChI is InChI=1S/C9H12BrClN2O2S/c10-8-3-2-7(6-9(8)11)16(14,15)13-5-1-4-12/h2-3,6,13H,1,4-5,12H2. The van der Waals surface area contributed by atoms with Crippen LogP contribution in [-0.2, 0) is 10.0 Å². The normalized spacial score (nSPS) is 11.7. The Kier molecular flexibility index (Phi) is 5.20. The van der Waals surface area contributed by atoms with Gasteiger partial charge in [-0.2, -0.15) is 0 Å². The van der Waals surface area contributed by atoms with Crippen molar-refractivity contribution in [2.24, 2.45) is 5.73 Å². The van der Waals surface area contributed by atoms with E-state index in [1.165, 1.54) is 12.1 Å². The molecule has 0 spiro atoms. The average Bonchev–Trinajstić information content (AvgIpc) is 2.22. The maximum absolute atomic E-state index is 11.7. The van der Waals surface area contributed by atoms with Crippen molar-refractivity contribution in [2.75, 3.05) is 13.1 Å². The fourth-order valence-corrected chi connectivity index (χ4v) is 2.63. The predicted octanol–water partition coefficient (Wildman–Crippen LogP) is 1.73. The van der Waals surface area contributed by atoms with Crippen LogP contribution in [0.5, 0.6) is 0 Å². The Morgan fingerprint density at radius 1 is 1.44 bits per heavy atom. The molecule has 0 aliphatic rings. The minimum Gasteiger partial charge on any atom is -0.330 e. The van der Waals surface area contributed by atoms with Gasteiger partial charge in [-0.05, 0) is 47.1 Å². The molecule has 0 heterocycles. The number of rotatable bonds is 5. The van der Waals surface area contributed by atoms with E-state index in [4.69, 9.17) is 17.3 Å². The largest absolute Gasteiger partial charge is 0.330 e. The smallest absolute Gasteiger partial charge is 0.240 e. The van der Waals surface area contributed by atoms with Gasteiger partial charge in [-0.3, -0.25) is 0 Å². The summed E-state index contributed by atoms with van der Waals surface area (Å²) in [6.07, 6.45) is 0.601. The summed E-state index contributed by atoms with van der Waals surface area (Å²) >= 11 is 9.02. The molecule has 0 radical (unpaired) electrons. The topological polar surface area (TPSA) is 72.2 Å². The molecule has 0 bridgehead atoms. The Morgan fingerprint density at radius 3 is 2.69 bits per heavy atom. The van der Waals surface area contributed by atoms with E-state index in [1.54, 1.807) is 6.07 Å². The summed E-state index contributed by atoms with van der Waals surface area (Å²) < 4.78 is 26.6. The summed E-state index contributed by atoms with van der Waals surface area (Å²) in [6, 6.07) is 4.48. The van der Waals surface area contributed by atoms with Gasteiger partial charge in [0.15, 0.2) is 0 Å². The number of nitrogens with one attached hydrogen (secondary N) is 1. The van der Waals surface area contributed by atoms with Gasteiger partial charge in [-0.1, -0.05) is 11.6 Å². The van der Waals surface area contributed by atoms with Crippen LogP contribution in [0.4, 0.5) is 0 Å². The van der Waals surface area contributed by atoms with Crippen molar-refractivity contribution in [1.82, 2.24) is 4.72 Å². The molecule has 1 aromatic rings. The van der Waals surface area contributed by atoms with Crippen LogP contribution in [0.3, 0.4) is 0 Å². The highest BCUT2D eigenvalue weighted by Crippen LogP contribution is 2.25. The Morgan fingerprint density at radius 2 is 2.12 bits per heavy atom. The molecular formula is C9H12BrClN2O2S.